The standard InChI is InChI=1S/C13H14BrNO2/c1-9-13(12(16)11(14)7-15-9)17-8-10-5-3-2-4-6-10/h2-7,12,15-16H,8H2,1H3. The minimum absolute atomic E-state index is 0.451. The average molecular weight is 296 g/mol. The van der Waals surface area contributed by atoms with Crippen LogP contribution in [0.15, 0.2) is 52.5 Å². The second-order valence-electron chi connectivity index (χ2n) is 3.84. The van der Waals surface area contributed by atoms with E-state index < -0.39 is 6.10 Å². The van der Waals surface area contributed by atoms with Gasteiger partial charge in [-0.3, -0.25) is 0 Å². The fraction of sp³-hybridized carbons (Fsp3) is 0.231. The molecule has 0 bridgehead atoms. The first-order chi connectivity index (χ1) is 8.18. The molecule has 1 aliphatic heterocycles. The summed E-state index contributed by atoms with van der Waals surface area (Å²) >= 11 is 3.28. The van der Waals surface area contributed by atoms with Gasteiger partial charge in [0.1, 0.15) is 18.5 Å². The zero-order valence-electron chi connectivity index (χ0n) is 9.48. The molecular weight excluding hydrogens is 282 g/mol. The third-order valence-corrected chi connectivity index (χ3v) is 3.21. The number of halogens is 1. The number of rotatable bonds is 3. The van der Waals surface area contributed by atoms with Crippen LogP contribution < -0.4 is 5.32 Å². The molecule has 1 atom stereocenters. The maximum Gasteiger partial charge on any atom is 0.149 e. The van der Waals surface area contributed by atoms with Crippen LogP contribution in [0, 0.1) is 0 Å². The van der Waals surface area contributed by atoms with E-state index in [4.69, 9.17) is 4.74 Å². The van der Waals surface area contributed by atoms with Gasteiger partial charge in [-0.05, 0) is 12.5 Å². The van der Waals surface area contributed by atoms with Gasteiger partial charge in [-0.25, -0.2) is 0 Å². The summed E-state index contributed by atoms with van der Waals surface area (Å²) in [4.78, 5) is 0. The molecule has 1 heterocycles. The van der Waals surface area contributed by atoms with Gasteiger partial charge in [0.2, 0.25) is 0 Å². The second kappa shape index (κ2) is 5.38. The Kier molecular flexibility index (Phi) is 3.86. The van der Waals surface area contributed by atoms with Crippen LogP contribution in [0.1, 0.15) is 12.5 Å². The Bertz CT molecular complexity index is 454. The molecule has 1 aliphatic rings. The number of benzene rings is 1. The lowest BCUT2D eigenvalue weighted by Gasteiger charge is -2.23. The van der Waals surface area contributed by atoms with Gasteiger partial charge in [-0.15, -0.1) is 0 Å². The third-order valence-electron chi connectivity index (χ3n) is 2.54. The van der Waals surface area contributed by atoms with E-state index in [2.05, 4.69) is 21.2 Å². The zero-order chi connectivity index (χ0) is 12.3. The molecule has 2 N–H and O–H groups in total. The Hall–Kier alpha value is -1.26. The maximum absolute atomic E-state index is 9.95. The van der Waals surface area contributed by atoms with Crippen molar-refractivity contribution in [3.63, 3.8) is 0 Å². The summed E-state index contributed by atoms with van der Waals surface area (Å²) in [6.07, 6.45) is 0.995. The predicted octanol–water partition coefficient (Wildman–Crippen LogP) is 2.64. The lowest BCUT2D eigenvalue weighted by molar-refractivity contribution is 0.110. The van der Waals surface area contributed by atoms with Crippen molar-refractivity contribution < 1.29 is 9.84 Å². The van der Waals surface area contributed by atoms with Crippen molar-refractivity contribution in [3.8, 4) is 0 Å². The molecular formula is C13H14BrNO2. The first-order valence-electron chi connectivity index (χ1n) is 5.36. The number of allylic oxidation sites excluding steroid dienone is 1. The highest BCUT2D eigenvalue weighted by molar-refractivity contribution is 9.11. The summed E-state index contributed by atoms with van der Waals surface area (Å²) in [5, 5.41) is 13.0. The smallest absolute Gasteiger partial charge is 0.149 e. The van der Waals surface area contributed by atoms with Crippen LogP contribution in [0.4, 0.5) is 0 Å². The molecule has 4 heteroatoms. The molecule has 0 spiro atoms. The molecule has 1 aromatic rings. The number of nitrogens with one attached hydrogen (secondary N) is 1. The highest BCUT2D eigenvalue weighted by Gasteiger charge is 2.22. The molecule has 0 aliphatic carbocycles. The summed E-state index contributed by atoms with van der Waals surface area (Å²) in [5.41, 5.74) is 1.90. The Morgan fingerprint density at radius 3 is 2.76 bits per heavy atom. The quantitative estimate of drug-likeness (QED) is 0.901. The van der Waals surface area contributed by atoms with Crippen molar-refractivity contribution >= 4 is 15.9 Å². The van der Waals surface area contributed by atoms with E-state index in [1.165, 1.54) is 0 Å². The van der Waals surface area contributed by atoms with Crippen LogP contribution in [0.2, 0.25) is 0 Å². The van der Waals surface area contributed by atoms with Crippen LogP contribution in [0.25, 0.3) is 0 Å². The van der Waals surface area contributed by atoms with Crippen LogP contribution in [-0.2, 0) is 11.3 Å². The van der Waals surface area contributed by atoms with Crippen molar-refractivity contribution in [2.45, 2.75) is 19.6 Å². The maximum atomic E-state index is 9.95. The van der Waals surface area contributed by atoms with Crippen LogP contribution in [0.5, 0.6) is 0 Å². The van der Waals surface area contributed by atoms with Crippen LogP contribution in [-0.4, -0.2) is 11.2 Å². The summed E-state index contributed by atoms with van der Waals surface area (Å²) < 4.78 is 6.33. The fourth-order valence-corrected chi connectivity index (χ4v) is 1.90. The largest absolute Gasteiger partial charge is 0.488 e. The zero-order valence-corrected chi connectivity index (χ0v) is 11.1. The highest BCUT2D eigenvalue weighted by atomic mass is 79.9. The van der Waals surface area contributed by atoms with Crippen molar-refractivity contribution in [1.29, 1.82) is 0 Å². The van der Waals surface area contributed by atoms with E-state index >= 15 is 0 Å². The van der Waals surface area contributed by atoms with Gasteiger partial charge in [-0.1, -0.05) is 46.3 Å². The van der Waals surface area contributed by atoms with Crippen molar-refractivity contribution in [1.82, 2.24) is 5.32 Å². The highest BCUT2D eigenvalue weighted by Crippen LogP contribution is 2.25. The molecule has 3 nitrogen and oxygen atoms in total. The molecule has 0 aromatic heterocycles. The monoisotopic (exact) mass is 295 g/mol. The lowest BCUT2D eigenvalue weighted by atomic mass is 10.2. The minimum Gasteiger partial charge on any atom is -0.488 e. The molecule has 0 saturated heterocycles. The summed E-state index contributed by atoms with van der Waals surface area (Å²) in [7, 11) is 0. The Balaban J connectivity index is 2.04. The van der Waals surface area contributed by atoms with Gasteiger partial charge >= 0.3 is 0 Å². The minimum atomic E-state index is -0.722. The van der Waals surface area contributed by atoms with Gasteiger partial charge in [-0.2, -0.15) is 0 Å². The number of ether oxygens (including phenoxy) is 1. The predicted molar refractivity (Wildman–Crippen MR) is 70.1 cm³/mol. The molecule has 0 fully saturated rings. The Morgan fingerprint density at radius 1 is 1.35 bits per heavy atom. The van der Waals surface area contributed by atoms with E-state index in [0.717, 1.165) is 11.3 Å². The number of dihydropyridines is 1. The van der Waals surface area contributed by atoms with Crippen LogP contribution >= 0.6 is 15.9 Å². The normalized spacial score (nSPS) is 19.7. The fourth-order valence-electron chi connectivity index (χ4n) is 1.58. The Morgan fingerprint density at radius 2 is 2.06 bits per heavy atom. The summed E-state index contributed by atoms with van der Waals surface area (Å²) in [6.45, 7) is 2.33. The van der Waals surface area contributed by atoms with Gasteiger partial charge in [0.15, 0.2) is 0 Å². The molecule has 1 aromatic carbocycles. The first kappa shape index (κ1) is 12.2. The average Bonchev–Trinajstić information content (AvgIpc) is 2.35. The number of aliphatic hydroxyl groups excluding tert-OH is 1. The SMILES string of the molecule is CC1=C(OCc2ccccc2)C(O)C(Br)=CN1. The molecule has 1 unspecified atom stereocenters. The first-order valence-corrected chi connectivity index (χ1v) is 6.15. The lowest BCUT2D eigenvalue weighted by Crippen LogP contribution is -2.24. The summed E-state index contributed by atoms with van der Waals surface area (Å²) in [6, 6.07) is 9.87. The van der Waals surface area contributed by atoms with E-state index in [-0.39, 0.29) is 0 Å². The molecule has 0 saturated carbocycles. The third kappa shape index (κ3) is 2.90. The number of hydrogen-bond acceptors (Lipinski definition) is 3. The second-order valence-corrected chi connectivity index (χ2v) is 4.76. The van der Waals surface area contributed by atoms with Gasteiger partial charge < -0.3 is 15.2 Å². The molecule has 0 radical (unpaired) electrons. The van der Waals surface area contributed by atoms with Crippen molar-refractivity contribution in [3.05, 3.63) is 58.0 Å². The van der Waals surface area contributed by atoms with Gasteiger partial charge in [0, 0.05) is 10.7 Å². The van der Waals surface area contributed by atoms with E-state index in [1.807, 2.05) is 37.3 Å². The molecule has 0 amide bonds. The summed E-state index contributed by atoms with van der Waals surface area (Å²) in [5.74, 6) is 0.559. The molecule has 17 heavy (non-hydrogen) atoms. The van der Waals surface area contributed by atoms with Crippen molar-refractivity contribution in [2.75, 3.05) is 0 Å². The van der Waals surface area contributed by atoms with E-state index in [9.17, 15) is 5.11 Å². The molecule has 90 valence electrons. The van der Waals surface area contributed by atoms with Gasteiger partial charge in [0.05, 0.1) is 5.70 Å². The van der Waals surface area contributed by atoms with Gasteiger partial charge in [0.25, 0.3) is 0 Å². The van der Waals surface area contributed by atoms with E-state index in [1.54, 1.807) is 6.20 Å². The molecule has 2 rings (SSSR count). The topological polar surface area (TPSA) is 41.5 Å². The van der Waals surface area contributed by atoms with Crippen molar-refractivity contribution in [2.24, 2.45) is 0 Å². The van der Waals surface area contributed by atoms with Crippen LogP contribution in [0.3, 0.4) is 0 Å². The number of aliphatic hydroxyl groups is 1. The number of hydrogen-bond donors (Lipinski definition) is 2. The van der Waals surface area contributed by atoms with E-state index in [0.29, 0.717) is 16.8 Å². The Labute approximate surface area is 109 Å².